The maximum Gasteiger partial charge on any atom is 0.278 e. The number of carbonyl (C=O) groups excluding carboxylic acids is 2. The summed E-state index contributed by atoms with van der Waals surface area (Å²) in [6.07, 6.45) is 0. The van der Waals surface area contributed by atoms with Crippen LogP contribution in [0.3, 0.4) is 0 Å². The van der Waals surface area contributed by atoms with Crippen molar-refractivity contribution in [3.8, 4) is 0 Å². The van der Waals surface area contributed by atoms with Crippen LogP contribution in [0.1, 0.15) is 23.6 Å². The van der Waals surface area contributed by atoms with E-state index in [1.165, 1.54) is 4.90 Å². The molecule has 4 nitrogen and oxygen atoms in total. The van der Waals surface area contributed by atoms with Gasteiger partial charge in [0.25, 0.3) is 11.8 Å². The lowest BCUT2D eigenvalue weighted by atomic mass is 10.0. The molecule has 5 heteroatoms. The average Bonchev–Trinajstić information content (AvgIpc) is 3.05. The quantitative estimate of drug-likeness (QED) is 0.487. The highest BCUT2D eigenvalue weighted by molar-refractivity contribution is 6.35. The summed E-state index contributed by atoms with van der Waals surface area (Å²) in [5.74, 6) is -0.538. The minimum Gasteiger partial charge on any atom is -0.362 e. The molecule has 156 valence electrons. The second-order valence-electron chi connectivity index (χ2n) is 7.41. The highest BCUT2D eigenvalue weighted by atomic mass is 35.5. The van der Waals surface area contributed by atoms with Gasteiger partial charge in [-0.05, 0) is 35.7 Å². The Morgan fingerprint density at radius 1 is 0.774 bits per heavy atom. The highest BCUT2D eigenvalue weighted by Gasteiger charge is 2.41. The number of halogens is 1. The number of carbonyl (C=O) groups is 2. The molecule has 0 fully saturated rings. The zero-order valence-corrected chi connectivity index (χ0v) is 18.0. The van der Waals surface area contributed by atoms with E-state index in [2.05, 4.69) is 0 Å². The van der Waals surface area contributed by atoms with Crippen LogP contribution in [0.25, 0.3) is 5.57 Å². The van der Waals surface area contributed by atoms with Crippen molar-refractivity contribution in [3.05, 3.63) is 112 Å². The van der Waals surface area contributed by atoms with Crippen molar-refractivity contribution in [1.82, 2.24) is 9.80 Å². The Hall–Kier alpha value is -3.37. The first-order chi connectivity index (χ1) is 15.1. The molecule has 1 heterocycles. The molecule has 3 aromatic carbocycles. The molecule has 4 rings (SSSR count). The SMILES string of the molecule is CCN(Cc1ccccc1)C1=C(c2ccccc2)C(=O)N(Cc2ccc(Cl)cc2)C1=O. The summed E-state index contributed by atoms with van der Waals surface area (Å²) in [7, 11) is 0. The topological polar surface area (TPSA) is 40.6 Å². The first-order valence-electron chi connectivity index (χ1n) is 10.3. The molecule has 0 N–H and O–H groups in total. The zero-order valence-electron chi connectivity index (χ0n) is 17.3. The van der Waals surface area contributed by atoms with Crippen LogP contribution in [0.15, 0.2) is 90.6 Å². The Balaban J connectivity index is 1.73. The lowest BCUT2D eigenvalue weighted by Gasteiger charge is -2.25. The zero-order chi connectivity index (χ0) is 21.8. The second kappa shape index (κ2) is 9.19. The molecule has 0 unspecified atom stereocenters. The van der Waals surface area contributed by atoms with E-state index >= 15 is 0 Å². The van der Waals surface area contributed by atoms with Gasteiger partial charge in [0.05, 0.1) is 12.1 Å². The fraction of sp³-hybridized carbons (Fsp3) is 0.154. The molecule has 1 aliphatic rings. The molecule has 31 heavy (non-hydrogen) atoms. The number of likely N-dealkylation sites (N-methyl/N-ethyl adjacent to an activating group) is 1. The average molecular weight is 431 g/mol. The van der Waals surface area contributed by atoms with Crippen molar-refractivity contribution in [2.45, 2.75) is 20.0 Å². The van der Waals surface area contributed by atoms with Gasteiger partial charge in [-0.3, -0.25) is 14.5 Å². The van der Waals surface area contributed by atoms with E-state index in [1.54, 1.807) is 12.1 Å². The number of rotatable bonds is 7. The Bertz CT molecular complexity index is 1110. The molecule has 0 aromatic heterocycles. The predicted molar refractivity (Wildman–Crippen MR) is 123 cm³/mol. The first kappa shape index (κ1) is 20.9. The number of hydrogen-bond acceptors (Lipinski definition) is 3. The Morgan fingerprint density at radius 3 is 2.00 bits per heavy atom. The van der Waals surface area contributed by atoms with Crippen molar-refractivity contribution < 1.29 is 9.59 Å². The van der Waals surface area contributed by atoms with Gasteiger partial charge < -0.3 is 4.90 Å². The van der Waals surface area contributed by atoms with Crippen LogP contribution in [0.4, 0.5) is 0 Å². The summed E-state index contributed by atoms with van der Waals surface area (Å²) in [4.78, 5) is 30.3. The Kier molecular flexibility index (Phi) is 6.19. The van der Waals surface area contributed by atoms with E-state index in [0.717, 1.165) is 16.7 Å². The van der Waals surface area contributed by atoms with Crippen LogP contribution in [0.2, 0.25) is 5.02 Å². The summed E-state index contributed by atoms with van der Waals surface area (Å²) >= 11 is 5.99. The van der Waals surface area contributed by atoms with Crippen molar-refractivity contribution in [3.63, 3.8) is 0 Å². The van der Waals surface area contributed by atoms with E-state index in [9.17, 15) is 9.59 Å². The van der Waals surface area contributed by atoms with Crippen LogP contribution < -0.4 is 0 Å². The number of hydrogen-bond donors (Lipinski definition) is 0. The molecular formula is C26H23ClN2O2. The van der Waals surface area contributed by atoms with Gasteiger partial charge in [-0.2, -0.15) is 0 Å². The Labute approximate surface area is 187 Å². The fourth-order valence-corrected chi connectivity index (χ4v) is 3.92. The van der Waals surface area contributed by atoms with Gasteiger partial charge in [-0.1, -0.05) is 84.4 Å². The number of benzene rings is 3. The van der Waals surface area contributed by atoms with Crippen LogP contribution in [0.5, 0.6) is 0 Å². The third-order valence-electron chi connectivity index (χ3n) is 5.37. The molecule has 0 radical (unpaired) electrons. The van der Waals surface area contributed by atoms with Crippen molar-refractivity contribution >= 4 is 29.0 Å². The molecule has 0 saturated heterocycles. The van der Waals surface area contributed by atoms with Gasteiger partial charge in [-0.15, -0.1) is 0 Å². The van der Waals surface area contributed by atoms with Crippen molar-refractivity contribution in [2.24, 2.45) is 0 Å². The standard InChI is InChI=1S/C26H23ClN2O2/c1-2-28(17-19-9-5-3-6-10-19)24-23(21-11-7-4-8-12-21)25(30)29(26(24)31)18-20-13-15-22(27)16-14-20/h3-16H,2,17-18H2,1H3. The largest absolute Gasteiger partial charge is 0.362 e. The van der Waals surface area contributed by atoms with Gasteiger partial charge in [-0.25, -0.2) is 0 Å². The van der Waals surface area contributed by atoms with Crippen LogP contribution in [0, 0.1) is 0 Å². The molecule has 0 bridgehead atoms. The molecule has 2 amide bonds. The number of nitrogens with zero attached hydrogens (tertiary/aromatic N) is 2. The summed E-state index contributed by atoms with van der Waals surface area (Å²) in [5, 5.41) is 0.617. The normalized spacial score (nSPS) is 13.8. The monoisotopic (exact) mass is 430 g/mol. The molecule has 1 aliphatic heterocycles. The number of amides is 2. The van der Waals surface area contributed by atoms with Gasteiger partial charge in [0, 0.05) is 18.1 Å². The molecule has 0 atom stereocenters. The molecule has 0 aliphatic carbocycles. The maximum atomic E-state index is 13.5. The van der Waals surface area contributed by atoms with Gasteiger partial charge in [0.2, 0.25) is 0 Å². The summed E-state index contributed by atoms with van der Waals surface area (Å²) in [5.41, 5.74) is 3.60. The van der Waals surface area contributed by atoms with Crippen molar-refractivity contribution in [2.75, 3.05) is 6.54 Å². The third-order valence-corrected chi connectivity index (χ3v) is 5.63. The van der Waals surface area contributed by atoms with E-state index in [1.807, 2.05) is 84.6 Å². The minimum absolute atomic E-state index is 0.206. The maximum absolute atomic E-state index is 13.5. The summed E-state index contributed by atoms with van der Waals surface area (Å²) in [6.45, 7) is 3.36. The molecular weight excluding hydrogens is 408 g/mol. The van der Waals surface area contributed by atoms with E-state index in [-0.39, 0.29) is 18.4 Å². The summed E-state index contributed by atoms with van der Waals surface area (Å²) in [6, 6.07) is 26.6. The molecule has 0 saturated carbocycles. The van der Waals surface area contributed by atoms with Gasteiger partial charge >= 0.3 is 0 Å². The lowest BCUT2D eigenvalue weighted by Crippen LogP contribution is -2.34. The second-order valence-corrected chi connectivity index (χ2v) is 7.85. The Morgan fingerprint density at radius 2 is 1.39 bits per heavy atom. The van der Waals surface area contributed by atoms with Gasteiger partial charge in [0.15, 0.2) is 0 Å². The molecule has 3 aromatic rings. The number of imide groups is 1. The minimum atomic E-state index is -0.271. The van der Waals surface area contributed by atoms with Crippen LogP contribution in [-0.2, 0) is 22.7 Å². The van der Waals surface area contributed by atoms with Crippen LogP contribution >= 0.6 is 11.6 Å². The third kappa shape index (κ3) is 4.39. The lowest BCUT2D eigenvalue weighted by molar-refractivity contribution is -0.138. The summed E-state index contributed by atoms with van der Waals surface area (Å²) < 4.78 is 0. The van der Waals surface area contributed by atoms with E-state index in [4.69, 9.17) is 11.6 Å². The van der Waals surface area contributed by atoms with Crippen LogP contribution in [-0.4, -0.2) is 28.2 Å². The smallest absolute Gasteiger partial charge is 0.278 e. The predicted octanol–water partition coefficient (Wildman–Crippen LogP) is 5.14. The fourth-order valence-electron chi connectivity index (χ4n) is 3.79. The van der Waals surface area contributed by atoms with E-state index < -0.39 is 0 Å². The van der Waals surface area contributed by atoms with E-state index in [0.29, 0.717) is 29.4 Å². The first-order valence-corrected chi connectivity index (χ1v) is 10.7. The molecule has 0 spiro atoms. The highest BCUT2D eigenvalue weighted by Crippen LogP contribution is 2.33. The van der Waals surface area contributed by atoms with Gasteiger partial charge in [0.1, 0.15) is 5.70 Å². The van der Waals surface area contributed by atoms with Crippen molar-refractivity contribution in [1.29, 1.82) is 0 Å².